The number of alkyl halides is 3. The summed E-state index contributed by atoms with van der Waals surface area (Å²) in [7, 11) is 2.20. The molecule has 1 N–H and O–H groups in total. The van der Waals surface area contributed by atoms with E-state index in [1.807, 2.05) is 5.32 Å². The summed E-state index contributed by atoms with van der Waals surface area (Å²) in [5.74, 6) is -1.21. The molecule has 0 unspecified atom stereocenters. The molecule has 0 saturated heterocycles. The van der Waals surface area contributed by atoms with Crippen molar-refractivity contribution in [1.82, 2.24) is 5.32 Å². The number of methoxy groups -OCH3 is 2. The van der Waals surface area contributed by atoms with Crippen molar-refractivity contribution in [3.8, 4) is 5.75 Å². The Labute approximate surface area is 129 Å². The number of hydrogen-bond acceptors (Lipinski definition) is 4. The zero-order valence-corrected chi connectivity index (χ0v) is 12.2. The molecular weight excluding hydrogens is 315 g/mol. The maximum atomic E-state index is 13.3. The second-order valence-electron chi connectivity index (χ2n) is 4.49. The monoisotopic (exact) mass is 327 g/mol. The highest BCUT2D eigenvalue weighted by Crippen LogP contribution is 2.41. The number of hydrogen-bond donors (Lipinski definition) is 1. The van der Waals surface area contributed by atoms with Crippen molar-refractivity contribution in [3.05, 3.63) is 41.5 Å². The number of rotatable bonds is 2. The van der Waals surface area contributed by atoms with Gasteiger partial charge in [0, 0.05) is 5.56 Å². The van der Waals surface area contributed by atoms with Gasteiger partial charge in [0.15, 0.2) is 0 Å². The third kappa shape index (κ3) is 3.20. The average Bonchev–Trinajstić information content (AvgIpc) is 2.51. The van der Waals surface area contributed by atoms with Crippen molar-refractivity contribution in [2.75, 3.05) is 14.2 Å². The van der Waals surface area contributed by atoms with Crippen LogP contribution in [0.4, 0.5) is 18.0 Å². The third-order valence-corrected chi connectivity index (χ3v) is 3.17. The lowest BCUT2D eigenvalue weighted by Crippen LogP contribution is -2.30. The lowest BCUT2D eigenvalue weighted by atomic mass is 9.98. The number of imide groups is 1. The van der Waals surface area contributed by atoms with Crippen LogP contribution in [0.1, 0.15) is 15.9 Å². The molecule has 2 amide bonds. The van der Waals surface area contributed by atoms with E-state index in [0.717, 1.165) is 20.3 Å². The highest BCUT2D eigenvalue weighted by Gasteiger charge is 2.36. The summed E-state index contributed by atoms with van der Waals surface area (Å²) in [6.07, 6.45) is -5.67. The molecule has 2 aromatic rings. The van der Waals surface area contributed by atoms with Crippen LogP contribution in [0.5, 0.6) is 5.75 Å². The number of carbonyl (C=O) groups is 2. The van der Waals surface area contributed by atoms with Crippen LogP contribution in [-0.2, 0) is 10.9 Å². The maximum Gasteiger partial charge on any atom is 0.420 e. The van der Waals surface area contributed by atoms with E-state index < -0.39 is 23.7 Å². The maximum absolute atomic E-state index is 13.3. The van der Waals surface area contributed by atoms with Crippen molar-refractivity contribution >= 4 is 22.8 Å². The molecule has 0 aliphatic heterocycles. The van der Waals surface area contributed by atoms with Crippen molar-refractivity contribution in [3.63, 3.8) is 0 Å². The fourth-order valence-electron chi connectivity index (χ4n) is 2.21. The zero-order chi connectivity index (χ0) is 17.2. The molecule has 0 aliphatic carbocycles. The Hall–Kier alpha value is -2.77. The van der Waals surface area contributed by atoms with Crippen LogP contribution in [0.3, 0.4) is 0 Å². The van der Waals surface area contributed by atoms with Crippen LogP contribution in [-0.4, -0.2) is 26.2 Å². The van der Waals surface area contributed by atoms with Crippen LogP contribution in [0, 0.1) is 0 Å². The molecule has 0 aromatic heterocycles. The van der Waals surface area contributed by atoms with Crippen LogP contribution in [0.15, 0.2) is 30.3 Å². The normalized spacial score (nSPS) is 11.2. The van der Waals surface area contributed by atoms with E-state index in [0.29, 0.717) is 0 Å². The standard InChI is InChI=1S/C15H12F3NO4/c1-22-11-7-6-8-9(12(11)15(16,17)18)4-3-5-10(8)13(20)19-14(21)23-2/h3-7H,1-2H3,(H,19,20,21). The quantitative estimate of drug-likeness (QED) is 0.918. The third-order valence-electron chi connectivity index (χ3n) is 3.17. The van der Waals surface area contributed by atoms with Crippen molar-refractivity contribution < 1.29 is 32.2 Å². The number of halogens is 3. The van der Waals surface area contributed by atoms with E-state index in [2.05, 4.69) is 4.74 Å². The van der Waals surface area contributed by atoms with Gasteiger partial charge >= 0.3 is 12.3 Å². The van der Waals surface area contributed by atoms with Gasteiger partial charge in [-0.25, -0.2) is 4.79 Å². The van der Waals surface area contributed by atoms with Gasteiger partial charge in [-0.3, -0.25) is 10.1 Å². The minimum Gasteiger partial charge on any atom is -0.496 e. The Bertz CT molecular complexity index is 771. The second-order valence-corrected chi connectivity index (χ2v) is 4.49. The van der Waals surface area contributed by atoms with E-state index in [-0.39, 0.29) is 22.1 Å². The van der Waals surface area contributed by atoms with Crippen molar-refractivity contribution in [2.45, 2.75) is 6.18 Å². The van der Waals surface area contributed by atoms with Gasteiger partial charge in [0.25, 0.3) is 5.91 Å². The molecule has 0 fully saturated rings. The van der Waals surface area contributed by atoms with Crippen molar-refractivity contribution in [1.29, 1.82) is 0 Å². The molecule has 2 aromatic carbocycles. The number of ether oxygens (including phenoxy) is 2. The Balaban J connectivity index is 2.68. The summed E-state index contributed by atoms with van der Waals surface area (Å²) in [5.41, 5.74) is -1.06. The predicted molar refractivity (Wildman–Crippen MR) is 75.4 cm³/mol. The molecule has 2 rings (SSSR count). The van der Waals surface area contributed by atoms with E-state index in [1.165, 1.54) is 24.3 Å². The molecule has 122 valence electrons. The van der Waals surface area contributed by atoms with E-state index >= 15 is 0 Å². The highest BCUT2D eigenvalue weighted by atomic mass is 19.4. The van der Waals surface area contributed by atoms with Gasteiger partial charge in [0.2, 0.25) is 0 Å². The second kappa shape index (κ2) is 6.15. The number of carbonyl (C=O) groups excluding carboxylic acids is 2. The number of benzene rings is 2. The first kappa shape index (κ1) is 16.6. The van der Waals surface area contributed by atoms with Gasteiger partial charge in [-0.2, -0.15) is 13.2 Å². The molecule has 8 heteroatoms. The fraction of sp³-hybridized carbons (Fsp3) is 0.200. The minimum atomic E-state index is -4.66. The molecule has 0 radical (unpaired) electrons. The molecule has 0 spiro atoms. The summed E-state index contributed by atoms with van der Waals surface area (Å²) in [5, 5.41) is 1.76. The summed E-state index contributed by atoms with van der Waals surface area (Å²) < 4.78 is 49.0. The molecule has 0 aliphatic rings. The molecule has 0 bridgehead atoms. The van der Waals surface area contributed by atoms with Crippen LogP contribution < -0.4 is 10.1 Å². The number of alkyl carbamates (subject to hydrolysis) is 1. The Morgan fingerprint density at radius 1 is 1.04 bits per heavy atom. The molecule has 5 nitrogen and oxygen atoms in total. The van der Waals surface area contributed by atoms with E-state index in [1.54, 1.807) is 0 Å². The first-order chi connectivity index (χ1) is 10.8. The van der Waals surface area contributed by atoms with E-state index in [9.17, 15) is 22.8 Å². The largest absolute Gasteiger partial charge is 0.496 e. The Kier molecular flexibility index (Phi) is 4.44. The first-order valence-electron chi connectivity index (χ1n) is 6.35. The minimum absolute atomic E-state index is 0.0435. The average molecular weight is 327 g/mol. The van der Waals surface area contributed by atoms with Gasteiger partial charge in [0.1, 0.15) is 11.3 Å². The van der Waals surface area contributed by atoms with Crippen LogP contribution in [0.25, 0.3) is 10.8 Å². The molecule has 0 atom stereocenters. The van der Waals surface area contributed by atoms with Crippen molar-refractivity contribution in [2.24, 2.45) is 0 Å². The molecule has 0 heterocycles. The SMILES string of the molecule is COC(=O)NC(=O)c1cccc2c(C(F)(F)F)c(OC)ccc12. The highest BCUT2D eigenvalue weighted by molar-refractivity contribution is 6.12. The summed E-state index contributed by atoms with van der Waals surface area (Å²) in [4.78, 5) is 23.1. The predicted octanol–water partition coefficient (Wildman–Crippen LogP) is 3.36. The van der Waals surface area contributed by atoms with Gasteiger partial charge < -0.3 is 9.47 Å². The van der Waals surface area contributed by atoms with Gasteiger partial charge in [0.05, 0.1) is 14.2 Å². The molecule has 23 heavy (non-hydrogen) atoms. The van der Waals surface area contributed by atoms with Gasteiger partial charge in [-0.05, 0) is 29.0 Å². The van der Waals surface area contributed by atoms with Gasteiger partial charge in [-0.1, -0.05) is 12.1 Å². The van der Waals surface area contributed by atoms with E-state index in [4.69, 9.17) is 4.74 Å². The first-order valence-corrected chi connectivity index (χ1v) is 6.35. The topological polar surface area (TPSA) is 64.6 Å². The van der Waals surface area contributed by atoms with Crippen LogP contribution >= 0.6 is 0 Å². The lowest BCUT2D eigenvalue weighted by molar-refractivity contribution is -0.137. The molecule has 0 saturated carbocycles. The number of nitrogens with one attached hydrogen (secondary N) is 1. The smallest absolute Gasteiger partial charge is 0.420 e. The summed E-state index contributed by atoms with van der Waals surface area (Å²) in [6.45, 7) is 0. The summed E-state index contributed by atoms with van der Waals surface area (Å²) in [6, 6.07) is 6.29. The summed E-state index contributed by atoms with van der Waals surface area (Å²) >= 11 is 0. The van der Waals surface area contributed by atoms with Gasteiger partial charge in [-0.15, -0.1) is 0 Å². The molecular formula is C15H12F3NO4. The fourth-order valence-corrected chi connectivity index (χ4v) is 2.21. The number of fused-ring (bicyclic) bond motifs is 1. The number of amides is 2. The van der Waals surface area contributed by atoms with Crippen LogP contribution in [0.2, 0.25) is 0 Å². The Morgan fingerprint density at radius 2 is 1.74 bits per heavy atom. The zero-order valence-electron chi connectivity index (χ0n) is 12.2. The Morgan fingerprint density at radius 3 is 2.30 bits per heavy atom. The lowest BCUT2D eigenvalue weighted by Gasteiger charge is -2.16.